The molecule has 178 valence electrons. The third-order valence-electron chi connectivity index (χ3n) is 4.38. The van der Waals surface area contributed by atoms with Crippen molar-refractivity contribution in [2.75, 3.05) is 6.54 Å². The molecule has 0 rings (SSSR count). The highest BCUT2D eigenvalue weighted by molar-refractivity contribution is 5.94. The van der Waals surface area contributed by atoms with Crippen LogP contribution in [0.25, 0.3) is 0 Å². The molecule has 0 spiro atoms. The summed E-state index contributed by atoms with van der Waals surface area (Å²) in [4.78, 5) is 52.2. The van der Waals surface area contributed by atoms with Crippen molar-refractivity contribution in [2.24, 2.45) is 28.1 Å². The number of nitrogens with two attached hydrogens (primary N) is 3. The third-order valence-corrected chi connectivity index (χ3v) is 4.38. The van der Waals surface area contributed by atoms with Crippen molar-refractivity contribution < 1.29 is 29.4 Å². The van der Waals surface area contributed by atoms with Gasteiger partial charge in [-0.2, -0.15) is 0 Å². The molecule has 0 saturated heterocycles. The maximum absolute atomic E-state index is 12.6. The standard InChI is InChI=1S/C18H35N7O6/c1-8(2)13(25-14(27)9(3)23-15(28)12(19)10(4)26)16(29)24-11(17(30)31)6-5-7-22-18(20)21/h8-13,26H,5-7,19H2,1-4H3,(H,23,28)(H,24,29)(H,25,27)(H,30,31)(H4,20,21,22). The molecule has 0 aliphatic rings. The molecule has 0 heterocycles. The minimum absolute atomic E-state index is 0.0836. The Morgan fingerprint density at radius 3 is 1.97 bits per heavy atom. The number of carbonyl (C=O) groups excluding carboxylic acids is 3. The topological polar surface area (TPSA) is 235 Å². The van der Waals surface area contributed by atoms with Gasteiger partial charge in [-0.1, -0.05) is 13.8 Å². The Hall–Kier alpha value is -2.93. The number of guanidine groups is 1. The summed E-state index contributed by atoms with van der Waals surface area (Å²) >= 11 is 0. The molecular weight excluding hydrogens is 410 g/mol. The molecule has 31 heavy (non-hydrogen) atoms. The normalized spacial score (nSPS) is 15.7. The minimum Gasteiger partial charge on any atom is -0.480 e. The molecule has 0 radical (unpaired) electrons. The van der Waals surface area contributed by atoms with E-state index in [1.165, 1.54) is 13.8 Å². The van der Waals surface area contributed by atoms with Crippen molar-refractivity contribution in [1.29, 1.82) is 0 Å². The Kier molecular flexibility index (Phi) is 12.1. The van der Waals surface area contributed by atoms with Crippen molar-refractivity contribution in [3.05, 3.63) is 0 Å². The van der Waals surface area contributed by atoms with Crippen LogP contribution in [0.4, 0.5) is 0 Å². The van der Waals surface area contributed by atoms with Crippen LogP contribution < -0.4 is 33.2 Å². The van der Waals surface area contributed by atoms with Crippen molar-refractivity contribution in [2.45, 2.75) is 70.8 Å². The first-order chi connectivity index (χ1) is 14.3. The van der Waals surface area contributed by atoms with E-state index >= 15 is 0 Å². The molecule has 0 aliphatic heterocycles. The van der Waals surface area contributed by atoms with E-state index in [2.05, 4.69) is 20.9 Å². The SMILES string of the molecule is CC(NC(=O)C(N)C(C)O)C(=O)NC(C(=O)NC(CCCN=C(N)N)C(=O)O)C(C)C. The molecule has 13 heteroatoms. The Morgan fingerprint density at radius 2 is 1.52 bits per heavy atom. The second-order valence-electron chi connectivity index (χ2n) is 7.58. The first kappa shape index (κ1) is 28.1. The Balaban J connectivity index is 5.01. The van der Waals surface area contributed by atoms with Gasteiger partial charge >= 0.3 is 5.97 Å². The number of carbonyl (C=O) groups is 4. The number of aliphatic carboxylic acids is 1. The molecule has 11 N–H and O–H groups in total. The predicted octanol–water partition coefficient (Wildman–Crippen LogP) is -3.04. The highest BCUT2D eigenvalue weighted by Gasteiger charge is 2.30. The van der Waals surface area contributed by atoms with E-state index in [0.717, 1.165) is 0 Å². The number of nitrogens with zero attached hydrogens (tertiary/aromatic N) is 1. The van der Waals surface area contributed by atoms with E-state index in [4.69, 9.17) is 17.2 Å². The van der Waals surface area contributed by atoms with Crippen LogP contribution in [0.5, 0.6) is 0 Å². The second-order valence-corrected chi connectivity index (χ2v) is 7.58. The molecule has 13 nitrogen and oxygen atoms in total. The summed E-state index contributed by atoms with van der Waals surface area (Å²) in [5, 5.41) is 26.0. The molecule has 0 aromatic heterocycles. The number of carboxylic acid groups (broad SMARTS) is 1. The maximum atomic E-state index is 12.6. The van der Waals surface area contributed by atoms with E-state index < -0.39 is 54.0 Å². The van der Waals surface area contributed by atoms with Gasteiger partial charge in [-0.25, -0.2) is 4.79 Å². The highest BCUT2D eigenvalue weighted by atomic mass is 16.4. The molecule has 0 fully saturated rings. The van der Waals surface area contributed by atoms with Gasteiger partial charge in [-0.3, -0.25) is 19.4 Å². The number of aliphatic hydroxyl groups excluding tert-OH is 1. The number of rotatable bonds is 13. The minimum atomic E-state index is -1.24. The van der Waals surface area contributed by atoms with Crippen LogP contribution in [0.3, 0.4) is 0 Å². The van der Waals surface area contributed by atoms with Gasteiger partial charge in [0.25, 0.3) is 0 Å². The first-order valence-electron chi connectivity index (χ1n) is 9.90. The van der Waals surface area contributed by atoms with Crippen molar-refractivity contribution in [3.63, 3.8) is 0 Å². The van der Waals surface area contributed by atoms with Gasteiger partial charge in [0.2, 0.25) is 17.7 Å². The van der Waals surface area contributed by atoms with Crippen LogP contribution in [0.15, 0.2) is 4.99 Å². The van der Waals surface area contributed by atoms with Crippen molar-refractivity contribution in [3.8, 4) is 0 Å². The lowest BCUT2D eigenvalue weighted by Gasteiger charge is -2.26. The van der Waals surface area contributed by atoms with Crippen LogP contribution in [-0.4, -0.2) is 76.7 Å². The van der Waals surface area contributed by atoms with E-state index in [1.54, 1.807) is 13.8 Å². The molecule has 3 amide bonds. The summed E-state index contributed by atoms with van der Waals surface area (Å²) in [6.45, 7) is 6.28. The average molecular weight is 446 g/mol. The average Bonchev–Trinajstić information content (AvgIpc) is 2.66. The third kappa shape index (κ3) is 10.6. The number of aliphatic imine (C=N–C) groups is 1. The van der Waals surface area contributed by atoms with Crippen molar-refractivity contribution >= 4 is 29.7 Å². The zero-order chi connectivity index (χ0) is 24.3. The summed E-state index contributed by atoms with van der Waals surface area (Å²) in [6, 6.07) is -4.49. The van der Waals surface area contributed by atoms with E-state index in [1.807, 2.05) is 0 Å². The van der Waals surface area contributed by atoms with Crippen LogP contribution in [-0.2, 0) is 19.2 Å². The number of amides is 3. The maximum Gasteiger partial charge on any atom is 0.326 e. The number of carboxylic acids is 1. The molecule has 0 aliphatic carbocycles. The highest BCUT2D eigenvalue weighted by Crippen LogP contribution is 2.06. The lowest BCUT2D eigenvalue weighted by molar-refractivity contribution is -0.142. The molecular formula is C18H35N7O6. The number of hydrogen-bond acceptors (Lipinski definition) is 7. The molecule has 0 bridgehead atoms. The molecule has 5 atom stereocenters. The second kappa shape index (κ2) is 13.4. The molecule has 0 aromatic carbocycles. The quantitative estimate of drug-likeness (QED) is 0.0815. The van der Waals surface area contributed by atoms with E-state index in [-0.39, 0.29) is 24.8 Å². The zero-order valence-corrected chi connectivity index (χ0v) is 18.3. The number of aliphatic hydroxyl groups is 1. The fraction of sp³-hybridized carbons (Fsp3) is 0.722. The smallest absolute Gasteiger partial charge is 0.326 e. The Morgan fingerprint density at radius 1 is 0.935 bits per heavy atom. The Labute approximate surface area is 181 Å². The molecule has 5 unspecified atom stereocenters. The summed E-state index contributed by atoms with van der Waals surface area (Å²) in [5.74, 6) is -3.80. The number of hydrogen-bond donors (Lipinski definition) is 8. The van der Waals surface area contributed by atoms with E-state index in [9.17, 15) is 29.4 Å². The van der Waals surface area contributed by atoms with Gasteiger partial charge in [-0.15, -0.1) is 0 Å². The van der Waals surface area contributed by atoms with Gasteiger partial charge in [0, 0.05) is 6.54 Å². The van der Waals surface area contributed by atoms with Crippen LogP contribution in [0.1, 0.15) is 40.5 Å². The van der Waals surface area contributed by atoms with Crippen LogP contribution >= 0.6 is 0 Å². The molecule has 0 saturated carbocycles. The lowest BCUT2D eigenvalue weighted by atomic mass is 10.0. The predicted molar refractivity (Wildman–Crippen MR) is 114 cm³/mol. The largest absolute Gasteiger partial charge is 0.480 e. The summed E-state index contributed by atoms with van der Waals surface area (Å²) in [7, 11) is 0. The monoisotopic (exact) mass is 445 g/mol. The van der Waals surface area contributed by atoms with Gasteiger partial charge in [0.05, 0.1) is 6.10 Å². The summed E-state index contributed by atoms with van der Waals surface area (Å²) in [5.41, 5.74) is 15.9. The zero-order valence-electron chi connectivity index (χ0n) is 18.3. The molecule has 0 aromatic rings. The fourth-order valence-electron chi connectivity index (χ4n) is 2.43. The van der Waals surface area contributed by atoms with Gasteiger partial charge < -0.3 is 43.4 Å². The van der Waals surface area contributed by atoms with Crippen LogP contribution in [0, 0.1) is 5.92 Å². The van der Waals surface area contributed by atoms with E-state index in [0.29, 0.717) is 6.42 Å². The summed E-state index contributed by atoms with van der Waals surface area (Å²) in [6.07, 6.45) is -0.704. The summed E-state index contributed by atoms with van der Waals surface area (Å²) < 4.78 is 0. The Bertz CT molecular complexity index is 664. The number of nitrogens with one attached hydrogen (secondary N) is 3. The lowest BCUT2D eigenvalue weighted by Crippen LogP contribution is -2.58. The van der Waals surface area contributed by atoms with Gasteiger partial charge in [0.15, 0.2) is 5.96 Å². The first-order valence-corrected chi connectivity index (χ1v) is 9.90. The van der Waals surface area contributed by atoms with Gasteiger partial charge in [0.1, 0.15) is 24.2 Å². The fourth-order valence-corrected chi connectivity index (χ4v) is 2.43. The van der Waals surface area contributed by atoms with Crippen molar-refractivity contribution in [1.82, 2.24) is 16.0 Å². The van der Waals surface area contributed by atoms with Crippen LogP contribution in [0.2, 0.25) is 0 Å². The van der Waals surface area contributed by atoms with Gasteiger partial charge in [-0.05, 0) is 32.6 Å².